The van der Waals surface area contributed by atoms with Crippen LogP contribution in [0.25, 0.3) is 0 Å². The third-order valence-electron chi connectivity index (χ3n) is 5.56. The van der Waals surface area contributed by atoms with Crippen molar-refractivity contribution in [3.05, 3.63) is 12.4 Å². The monoisotopic (exact) mass is 350 g/mol. The van der Waals surface area contributed by atoms with Gasteiger partial charge in [0.25, 0.3) is 0 Å². The molecule has 0 spiro atoms. The SMILES string of the molecule is CCCCCCCCCCCCCCCCCCN1C=CN(CC)C1. The first-order chi connectivity index (χ1) is 12.4. The molecule has 1 rings (SSSR count). The van der Waals surface area contributed by atoms with Crippen molar-refractivity contribution in [2.45, 2.75) is 117 Å². The second-order valence-corrected chi connectivity index (χ2v) is 7.96. The zero-order valence-corrected chi connectivity index (χ0v) is 17.5. The number of nitrogens with zero attached hydrogens (tertiary/aromatic N) is 2. The van der Waals surface area contributed by atoms with Crippen molar-refractivity contribution in [1.82, 2.24) is 9.80 Å². The quantitative estimate of drug-likeness (QED) is 0.239. The standard InChI is InChI=1S/C23H46N2/c1-3-5-6-7-8-9-10-11-12-13-14-15-16-17-18-19-20-25-22-21-24(4-2)23-25/h21-22H,3-20,23H2,1-2H3. The van der Waals surface area contributed by atoms with Gasteiger partial charge in [0.05, 0.1) is 6.67 Å². The van der Waals surface area contributed by atoms with Crippen LogP contribution >= 0.6 is 0 Å². The molecule has 0 saturated carbocycles. The van der Waals surface area contributed by atoms with Crippen molar-refractivity contribution in [3.8, 4) is 0 Å². The highest BCUT2D eigenvalue weighted by molar-refractivity contribution is 4.89. The second kappa shape index (κ2) is 16.8. The van der Waals surface area contributed by atoms with Crippen molar-refractivity contribution < 1.29 is 0 Å². The van der Waals surface area contributed by atoms with Crippen molar-refractivity contribution in [2.24, 2.45) is 0 Å². The Morgan fingerprint density at radius 2 is 0.920 bits per heavy atom. The molecule has 1 aliphatic heterocycles. The molecule has 0 N–H and O–H groups in total. The predicted octanol–water partition coefficient (Wildman–Crippen LogP) is 7.31. The van der Waals surface area contributed by atoms with E-state index in [9.17, 15) is 0 Å². The maximum Gasteiger partial charge on any atom is 0.0893 e. The fourth-order valence-electron chi connectivity index (χ4n) is 3.73. The number of hydrogen-bond donors (Lipinski definition) is 0. The first-order valence-corrected chi connectivity index (χ1v) is 11.5. The third-order valence-corrected chi connectivity index (χ3v) is 5.56. The van der Waals surface area contributed by atoms with Gasteiger partial charge in [-0.25, -0.2) is 0 Å². The molecule has 1 aliphatic rings. The zero-order chi connectivity index (χ0) is 18.0. The molecule has 0 amide bonds. The average Bonchev–Trinajstić information content (AvgIpc) is 3.09. The minimum atomic E-state index is 1.11. The third kappa shape index (κ3) is 13.2. The van der Waals surface area contributed by atoms with E-state index in [0.29, 0.717) is 0 Å². The van der Waals surface area contributed by atoms with E-state index in [4.69, 9.17) is 0 Å². The average molecular weight is 351 g/mol. The van der Waals surface area contributed by atoms with Crippen LogP contribution in [0, 0.1) is 0 Å². The lowest BCUT2D eigenvalue weighted by molar-refractivity contribution is 0.268. The first-order valence-electron chi connectivity index (χ1n) is 11.5. The normalized spacial score (nSPS) is 14.0. The summed E-state index contributed by atoms with van der Waals surface area (Å²) in [5, 5.41) is 0. The summed E-state index contributed by atoms with van der Waals surface area (Å²) in [4.78, 5) is 4.82. The van der Waals surface area contributed by atoms with E-state index >= 15 is 0 Å². The van der Waals surface area contributed by atoms with Gasteiger partial charge in [-0.2, -0.15) is 0 Å². The highest BCUT2D eigenvalue weighted by Gasteiger charge is 2.08. The van der Waals surface area contributed by atoms with Gasteiger partial charge in [-0.15, -0.1) is 0 Å². The van der Waals surface area contributed by atoms with E-state index in [1.165, 1.54) is 109 Å². The molecule has 148 valence electrons. The minimum Gasteiger partial charge on any atom is -0.359 e. The smallest absolute Gasteiger partial charge is 0.0893 e. The first kappa shape index (κ1) is 22.4. The van der Waals surface area contributed by atoms with Gasteiger partial charge in [0.15, 0.2) is 0 Å². The lowest BCUT2D eigenvalue weighted by Crippen LogP contribution is -2.25. The van der Waals surface area contributed by atoms with Crippen LogP contribution in [0.1, 0.15) is 117 Å². The van der Waals surface area contributed by atoms with E-state index in [0.717, 1.165) is 13.2 Å². The highest BCUT2D eigenvalue weighted by Crippen LogP contribution is 2.14. The molecular formula is C23H46N2. The van der Waals surface area contributed by atoms with Gasteiger partial charge in [0.1, 0.15) is 0 Å². The van der Waals surface area contributed by atoms with E-state index in [1.807, 2.05) is 0 Å². The molecule has 0 radical (unpaired) electrons. The molecule has 1 heterocycles. The molecule has 0 fully saturated rings. The predicted molar refractivity (Wildman–Crippen MR) is 113 cm³/mol. The molecule has 0 atom stereocenters. The summed E-state index contributed by atoms with van der Waals surface area (Å²) < 4.78 is 0. The fourth-order valence-corrected chi connectivity index (χ4v) is 3.73. The molecule has 0 saturated heterocycles. The molecule has 2 heteroatoms. The molecule has 0 aromatic carbocycles. The maximum absolute atomic E-state index is 2.45. The topological polar surface area (TPSA) is 6.48 Å². The van der Waals surface area contributed by atoms with Gasteiger partial charge in [-0.1, -0.05) is 103 Å². The number of hydrogen-bond acceptors (Lipinski definition) is 2. The Bertz CT molecular complexity index is 300. The van der Waals surface area contributed by atoms with Gasteiger partial charge < -0.3 is 9.80 Å². The fraction of sp³-hybridized carbons (Fsp3) is 0.913. The van der Waals surface area contributed by atoms with Crippen molar-refractivity contribution in [3.63, 3.8) is 0 Å². The lowest BCUT2D eigenvalue weighted by Gasteiger charge is -2.19. The summed E-state index contributed by atoms with van der Waals surface area (Å²) in [7, 11) is 0. The summed E-state index contributed by atoms with van der Waals surface area (Å²) in [6, 6.07) is 0. The van der Waals surface area contributed by atoms with Crippen LogP contribution in [0.15, 0.2) is 12.4 Å². The van der Waals surface area contributed by atoms with E-state index in [-0.39, 0.29) is 0 Å². The molecule has 0 aromatic heterocycles. The molecule has 0 unspecified atom stereocenters. The van der Waals surface area contributed by atoms with Crippen molar-refractivity contribution >= 4 is 0 Å². The zero-order valence-electron chi connectivity index (χ0n) is 17.5. The molecular weight excluding hydrogens is 304 g/mol. The molecule has 25 heavy (non-hydrogen) atoms. The largest absolute Gasteiger partial charge is 0.359 e. The maximum atomic E-state index is 2.45. The summed E-state index contributed by atoms with van der Waals surface area (Å²) in [5.41, 5.74) is 0. The summed E-state index contributed by atoms with van der Waals surface area (Å²) in [5.74, 6) is 0. The Balaban J connectivity index is 1.69. The van der Waals surface area contributed by atoms with E-state index < -0.39 is 0 Å². The molecule has 0 aliphatic carbocycles. The molecule has 0 bridgehead atoms. The summed E-state index contributed by atoms with van der Waals surface area (Å²) in [6.45, 7) is 8.00. The lowest BCUT2D eigenvalue weighted by atomic mass is 10.0. The van der Waals surface area contributed by atoms with Crippen LogP contribution in [0.3, 0.4) is 0 Å². The van der Waals surface area contributed by atoms with Gasteiger partial charge in [0.2, 0.25) is 0 Å². The van der Waals surface area contributed by atoms with Crippen LogP contribution in [-0.4, -0.2) is 29.6 Å². The number of rotatable bonds is 18. The Kier molecular flexibility index (Phi) is 15.0. The highest BCUT2D eigenvalue weighted by atomic mass is 15.3. The van der Waals surface area contributed by atoms with Crippen LogP contribution in [0.5, 0.6) is 0 Å². The minimum absolute atomic E-state index is 1.11. The van der Waals surface area contributed by atoms with Crippen LogP contribution in [-0.2, 0) is 0 Å². The van der Waals surface area contributed by atoms with Gasteiger partial charge in [-0.05, 0) is 13.3 Å². The van der Waals surface area contributed by atoms with Gasteiger partial charge >= 0.3 is 0 Å². The van der Waals surface area contributed by atoms with E-state index in [2.05, 4.69) is 36.0 Å². The van der Waals surface area contributed by atoms with Crippen LogP contribution in [0.4, 0.5) is 0 Å². The summed E-state index contributed by atoms with van der Waals surface area (Å²) >= 11 is 0. The Labute approximate surface area is 159 Å². The Morgan fingerprint density at radius 1 is 0.520 bits per heavy atom. The van der Waals surface area contributed by atoms with Crippen LogP contribution in [0.2, 0.25) is 0 Å². The van der Waals surface area contributed by atoms with Crippen LogP contribution < -0.4 is 0 Å². The number of unbranched alkanes of at least 4 members (excludes halogenated alkanes) is 15. The van der Waals surface area contributed by atoms with Crippen molar-refractivity contribution in [2.75, 3.05) is 19.8 Å². The van der Waals surface area contributed by atoms with Gasteiger partial charge in [-0.3, -0.25) is 0 Å². The molecule has 0 aromatic rings. The Morgan fingerprint density at radius 3 is 1.32 bits per heavy atom. The van der Waals surface area contributed by atoms with E-state index in [1.54, 1.807) is 0 Å². The Hall–Kier alpha value is -0.660. The van der Waals surface area contributed by atoms with Crippen molar-refractivity contribution in [1.29, 1.82) is 0 Å². The summed E-state index contributed by atoms with van der Waals surface area (Å²) in [6.07, 6.45) is 27.7. The second-order valence-electron chi connectivity index (χ2n) is 7.96. The van der Waals surface area contributed by atoms with Gasteiger partial charge in [0, 0.05) is 25.5 Å². The molecule has 2 nitrogen and oxygen atoms in total.